The Morgan fingerprint density at radius 1 is 1.37 bits per heavy atom. The van der Waals surface area contributed by atoms with Crippen molar-refractivity contribution in [1.29, 1.82) is 0 Å². The maximum absolute atomic E-state index is 6.01. The van der Waals surface area contributed by atoms with Gasteiger partial charge in [-0.1, -0.05) is 30.7 Å². The predicted octanol–water partition coefficient (Wildman–Crippen LogP) is 3.80. The molecular weight excluding hydrogens is 258 g/mol. The molecule has 0 saturated carbocycles. The molecule has 0 spiro atoms. The van der Waals surface area contributed by atoms with Crippen LogP contribution in [0.3, 0.4) is 0 Å². The zero-order valence-corrected chi connectivity index (χ0v) is 12.2. The van der Waals surface area contributed by atoms with Crippen molar-refractivity contribution >= 4 is 11.6 Å². The van der Waals surface area contributed by atoms with Gasteiger partial charge in [0, 0.05) is 30.4 Å². The van der Waals surface area contributed by atoms with Gasteiger partial charge >= 0.3 is 0 Å². The first-order chi connectivity index (χ1) is 9.20. The van der Waals surface area contributed by atoms with Gasteiger partial charge in [0.25, 0.3) is 0 Å². The summed E-state index contributed by atoms with van der Waals surface area (Å²) in [6.45, 7) is 6.09. The second-order valence-electron chi connectivity index (χ2n) is 4.70. The number of nitrogens with one attached hydrogen (secondary N) is 1. The van der Waals surface area contributed by atoms with Crippen LogP contribution in [0.25, 0.3) is 0 Å². The molecule has 0 aliphatic rings. The highest BCUT2D eigenvalue weighted by molar-refractivity contribution is 6.30. The fourth-order valence-electron chi connectivity index (χ4n) is 2.07. The fraction of sp³-hybridized carbons (Fsp3) is 0.400. The van der Waals surface area contributed by atoms with Gasteiger partial charge in [-0.15, -0.1) is 0 Å². The third kappa shape index (κ3) is 3.82. The summed E-state index contributed by atoms with van der Waals surface area (Å²) < 4.78 is 2.05. The monoisotopic (exact) mass is 277 g/mol. The van der Waals surface area contributed by atoms with E-state index in [1.54, 1.807) is 0 Å². The summed E-state index contributed by atoms with van der Waals surface area (Å²) in [6.07, 6.45) is 2.95. The number of hydrogen-bond acceptors (Lipinski definition) is 2. The first-order valence-electron chi connectivity index (χ1n) is 6.70. The van der Waals surface area contributed by atoms with E-state index in [9.17, 15) is 0 Å². The van der Waals surface area contributed by atoms with Gasteiger partial charge in [0.05, 0.1) is 5.69 Å². The van der Waals surface area contributed by atoms with Crippen molar-refractivity contribution in [2.75, 3.05) is 0 Å². The number of benzene rings is 1. The topological polar surface area (TPSA) is 29.9 Å². The lowest BCUT2D eigenvalue weighted by atomic mass is 10.1. The van der Waals surface area contributed by atoms with E-state index in [-0.39, 0.29) is 6.04 Å². The molecule has 3 nitrogen and oxygen atoms in total. The quantitative estimate of drug-likeness (QED) is 0.870. The molecule has 1 N–H and O–H groups in total. The summed E-state index contributed by atoms with van der Waals surface area (Å²) in [6, 6.07) is 10.3. The van der Waals surface area contributed by atoms with E-state index in [0.717, 1.165) is 24.5 Å². The summed E-state index contributed by atoms with van der Waals surface area (Å²) in [5.74, 6) is 0. The van der Waals surface area contributed by atoms with Gasteiger partial charge in [-0.3, -0.25) is 4.68 Å². The molecule has 0 radical (unpaired) electrons. The molecule has 0 fully saturated rings. The molecule has 0 aliphatic heterocycles. The van der Waals surface area contributed by atoms with Crippen LogP contribution in [0.15, 0.2) is 36.5 Å². The van der Waals surface area contributed by atoms with Crippen LogP contribution < -0.4 is 5.32 Å². The minimum atomic E-state index is 0.267. The van der Waals surface area contributed by atoms with Gasteiger partial charge in [-0.2, -0.15) is 5.10 Å². The van der Waals surface area contributed by atoms with Crippen LogP contribution >= 0.6 is 11.6 Å². The molecule has 19 heavy (non-hydrogen) atoms. The number of rotatable bonds is 6. The number of aryl methyl sites for hydroxylation is 1. The van der Waals surface area contributed by atoms with Gasteiger partial charge in [-0.25, -0.2) is 0 Å². The Labute approximate surface area is 119 Å². The molecule has 1 aromatic heterocycles. The first-order valence-corrected chi connectivity index (χ1v) is 7.08. The summed E-state index contributed by atoms with van der Waals surface area (Å²) in [4.78, 5) is 0. The normalized spacial score (nSPS) is 12.6. The molecule has 1 heterocycles. The standard InChI is InChI=1S/C15H20ClN3/c1-3-9-19-15(7-8-18-19)11-17-12(2)13-5-4-6-14(16)10-13/h4-8,10,12,17H,3,9,11H2,1-2H3/t12-/m1/s1. The van der Waals surface area contributed by atoms with E-state index in [1.807, 2.05) is 24.4 Å². The van der Waals surface area contributed by atoms with Crippen LogP contribution in [0, 0.1) is 0 Å². The van der Waals surface area contributed by atoms with Crippen molar-refractivity contribution < 1.29 is 0 Å². The van der Waals surface area contributed by atoms with E-state index in [2.05, 4.69) is 41.1 Å². The lowest BCUT2D eigenvalue weighted by molar-refractivity contribution is 0.517. The van der Waals surface area contributed by atoms with Crippen LogP contribution in [-0.2, 0) is 13.1 Å². The molecule has 4 heteroatoms. The zero-order valence-electron chi connectivity index (χ0n) is 11.4. The maximum atomic E-state index is 6.01. The van der Waals surface area contributed by atoms with Crippen molar-refractivity contribution in [1.82, 2.24) is 15.1 Å². The van der Waals surface area contributed by atoms with Crippen molar-refractivity contribution in [3.05, 3.63) is 52.8 Å². The largest absolute Gasteiger partial charge is 0.305 e. The fourth-order valence-corrected chi connectivity index (χ4v) is 2.27. The Bertz CT molecular complexity index is 522. The van der Waals surface area contributed by atoms with Gasteiger partial charge in [-0.05, 0) is 37.1 Å². The Morgan fingerprint density at radius 2 is 2.21 bits per heavy atom. The highest BCUT2D eigenvalue weighted by Crippen LogP contribution is 2.17. The summed E-state index contributed by atoms with van der Waals surface area (Å²) >= 11 is 6.01. The van der Waals surface area contributed by atoms with Crippen molar-refractivity contribution in [2.24, 2.45) is 0 Å². The highest BCUT2D eigenvalue weighted by Gasteiger charge is 2.07. The van der Waals surface area contributed by atoms with Crippen molar-refractivity contribution in [3.63, 3.8) is 0 Å². The van der Waals surface area contributed by atoms with Crippen molar-refractivity contribution in [3.8, 4) is 0 Å². The van der Waals surface area contributed by atoms with Crippen LogP contribution in [0.2, 0.25) is 5.02 Å². The van der Waals surface area contributed by atoms with Crippen molar-refractivity contribution in [2.45, 2.75) is 39.4 Å². The van der Waals surface area contributed by atoms with E-state index >= 15 is 0 Å². The molecule has 0 bridgehead atoms. The number of halogens is 1. The van der Waals surface area contributed by atoms with E-state index in [0.29, 0.717) is 0 Å². The molecule has 0 unspecified atom stereocenters. The molecule has 0 amide bonds. The van der Waals surface area contributed by atoms with Gasteiger partial charge in [0.2, 0.25) is 0 Å². The first kappa shape index (κ1) is 14.1. The lowest BCUT2D eigenvalue weighted by Crippen LogP contribution is -2.20. The van der Waals surface area contributed by atoms with Gasteiger partial charge < -0.3 is 5.32 Å². The summed E-state index contributed by atoms with van der Waals surface area (Å²) in [7, 11) is 0. The molecular formula is C15H20ClN3. The Kier molecular flexibility index (Phi) is 5.00. The lowest BCUT2D eigenvalue weighted by Gasteiger charge is -2.15. The van der Waals surface area contributed by atoms with Crippen LogP contribution in [0.5, 0.6) is 0 Å². The third-order valence-electron chi connectivity index (χ3n) is 3.18. The molecule has 1 atom stereocenters. The SMILES string of the molecule is CCCn1nccc1CN[C@H](C)c1cccc(Cl)c1. The smallest absolute Gasteiger partial charge is 0.0522 e. The van der Waals surface area contributed by atoms with Crippen LogP contribution in [0.1, 0.15) is 37.6 Å². The molecule has 0 aliphatic carbocycles. The molecule has 2 rings (SSSR count). The number of aromatic nitrogens is 2. The Hall–Kier alpha value is -1.32. The van der Waals surface area contributed by atoms with Gasteiger partial charge in [0.15, 0.2) is 0 Å². The van der Waals surface area contributed by atoms with Gasteiger partial charge in [0.1, 0.15) is 0 Å². The maximum Gasteiger partial charge on any atom is 0.0522 e. The Morgan fingerprint density at radius 3 is 2.95 bits per heavy atom. The minimum absolute atomic E-state index is 0.267. The summed E-state index contributed by atoms with van der Waals surface area (Å²) in [5, 5.41) is 8.61. The zero-order chi connectivity index (χ0) is 13.7. The minimum Gasteiger partial charge on any atom is -0.305 e. The average molecular weight is 278 g/mol. The second kappa shape index (κ2) is 6.73. The van der Waals surface area contributed by atoms with Crippen LogP contribution in [0.4, 0.5) is 0 Å². The Balaban J connectivity index is 1.96. The van der Waals surface area contributed by atoms with Crippen LogP contribution in [-0.4, -0.2) is 9.78 Å². The number of hydrogen-bond donors (Lipinski definition) is 1. The third-order valence-corrected chi connectivity index (χ3v) is 3.41. The predicted molar refractivity (Wildman–Crippen MR) is 79.2 cm³/mol. The molecule has 0 saturated heterocycles. The van der Waals surface area contributed by atoms with E-state index < -0.39 is 0 Å². The molecule has 2 aromatic rings. The van der Waals surface area contributed by atoms with E-state index in [1.165, 1.54) is 11.3 Å². The molecule has 102 valence electrons. The highest BCUT2D eigenvalue weighted by atomic mass is 35.5. The molecule has 1 aromatic carbocycles. The second-order valence-corrected chi connectivity index (χ2v) is 5.14. The number of nitrogens with zero attached hydrogens (tertiary/aromatic N) is 2. The van der Waals surface area contributed by atoms with E-state index in [4.69, 9.17) is 11.6 Å². The summed E-state index contributed by atoms with van der Waals surface area (Å²) in [5.41, 5.74) is 2.42. The average Bonchev–Trinajstić information content (AvgIpc) is 2.84.